The van der Waals surface area contributed by atoms with Gasteiger partial charge in [0.05, 0.1) is 10.6 Å². The summed E-state index contributed by atoms with van der Waals surface area (Å²) in [5, 5.41) is 0.419. The zero-order valence-electron chi connectivity index (χ0n) is 15.8. The van der Waals surface area contributed by atoms with Gasteiger partial charge in [-0.15, -0.1) is 0 Å². The fraction of sp³-hybridized carbons (Fsp3) is 0.364. The largest absolute Gasteiger partial charge is 0.341 e. The highest BCUT2D eigenvalue weighted by molar-refractivity contribution is 6.33. The molecule has 1 aliphatic heterocycles. The van der Waals surface area contributed by atoms with Gasteiger partial charge < -0.3 is 9.80 Å². The van der Waals surface area contributed by atoms with E-state index in [1.807, 2.05) is 0 Å². The predicted octanol–water partition coefficient (Wildman–Crippen LogP) is 4.10. The first-order valence-electron chi connectivity index (χ1n) is 9.73. The van der Waals surface area contributed by atoms with E-state index in [0.29, 0.717) is 55.2 Å². The Morgan fingerprint density at radius 1 is 0.931 bits per heavy atom. The fourth-order valence-corrected chi connectivity index (χ4v) is 4.18. The zero-order chi connectivity index (χ0) is 20.5. The number of hydrogen-bond donors (Lipinski definition) is 0. The Morgan fingerprint density at radius 3 is 2.41 bits per heavy atom. The molecule has 1 heterocycles. The van der Waals surface area contributed by atoms with E-state index >= 15 is 0 Å². The molecule has 1 saturated heterocycles. The van der Waals surface area contributed by atoms with Crippen LogP contribution in [0.15, 0.2) is 42.5 Å². The lowest BCUT2D eigenvalue weighted by atomic mass is 10.1. The average molecular weight is 419 g/mol. The maximum atomic E-state index is 13.5. The Morgan fingerprint density at radius 2 is 1.66 bits per heavy atom. The van der Waals surface area contributed by atoms with Crippen LogP contribution >= 0.6 is 11.6 Å². The summed E-state index contributed by atoms with van der Waals surface area (Å²) < 4.78 is 26.6. The molecule has 2 unspecified atom stereocenters. The van der Waals surface area contributed by atoms with Gasteiger partial charge in [0.15, 0.2) is 11.6 Å². The first kappa shape index (κ1) is 19.8. The second-order valence-corrected chi connectivity index (χ2v) is 7.98. The Kier molecular flexibility index (Phi) is 5.54. The molecule has 2 fully saturated rings. The lowest BCUT2D eigenvalue weighted by Gasteiger charge is -2.23. The van der Waals surface area contributed by atoms with E-state index in [4.69, 9.17) is 11.6 Å². The molecule has 0 bridgehead atoms. The van der Waals surface area contributed by atoms with Crippen molar-refractivity contribution in [1.82, 2.24) is 9.80 Å². The molecule has 0 spiro atoms. The third kappa shape index (κ3) is 4.13. The van der Waals surface area contributed by atoms with Crippen molar-refractivity contribution in [1.29, 1.82) is 0 Å². The van der Waals surface area contributed by atoms with E-state index in [0.717, 1.165) is 6.07 Å². The van der Waals surface area contributed by atoms with Crippen LogP contribution in [-0.4, -0.2) is 47.8 Å². The Hall–Kier alpha value is -2.47. The van der Waals surface area contributed by atoms with Crippen molar-refractivity contribution in [2.24, 2.45) is 5.92 Å². The van der Waals surface area contributed by atoms with Gasteiger partial charge in [0.2, 0.25) is 5.91 Å². The molecule has 0 aromatic heterocycles. The van der Waals surface area contributed by atoms with E-state index in [1.54, 1.807) is 40.1 Å². The highest BCUT2D eigenvalue weighted by atomic mass is 35.5. The number of amides is 2. The maximum Gasteiger partial charge on any atom is 0.255 e. The van der Waals surface area contributed by atoms with Crippen LogP contribution in [0.25, 0.3) is 0 Å². The number of carbonyl (C=O) groups excluding carboxylic acids is 2. The minimum atomic E-state index is -0.885. The normalized spacial score (nSPS) is 21.6. The van der Waals surface area contributed by atoms with Crippen molar-refractivity contribution in [2.45, 2.75) is 18.8 Å². The van der Waals surface area contributed by atoms with E-state index in [1.165, 1.54) is 6.07 Å². The van der Waals surface area contributed by atoms with Crippen molar-refractivity contribution in [3.05, 3.63) is 70.2 Å². The highest BCUT2D eigenvalue weighted by Gasteiger charge is 2.46. The molecule has 0 N–H and O–H groups in total. The zero-order valence-corrected chi connectivity index (χ0v) is 16.5. The summed E-state index contributed by atoms with van der Waals surface area (Å²) in [7, 11) is 0. The average Bonchev–Trinajstić information content (AvgIpc) is 3.53. The summed E-state index contributed by atoms with van der Waals surface area (Å²) in [6, 6.07) is 10.8. The van der Waals surface area contributed by atoms with E-state index in [2.05, 4.69) is 0 Å². The van der Waals surface area contributed by atoms with E-state index < -0.39 is 11.6 Å². The van der Waals surface area contributed by atoms with Crippen LogP contribution < -0.4 is 0 Å². The quantitative estimate of drug-likeness (QED) is 0.753. The second-order valence-electron chi connectivity index (χ2n) is 7.57. The number of hydrogen-bond acceptors (Lipinski definition) is 2. The smallest absolute Gasteiger partial charge is 0.255 e. The summed E-state index contributed by atoms with van der Waals surface area (Å²) in [5.41, 5.74) is 1.13. The van der Waals surface area contributed by atoms with E-state index in [-0.39, 0.29) is 23.7 Å². The lowest BCUT2D eigenvalue weighted by molar-refractivity contribution is -0.132. The minimum Gasteiger partial charge on any atom is -0.341 e. The third-order valence-corrected chi connectivity index (χ3v) is 6.01. The van der Waals surface area contributed by atoms with Gasteiger partial charge in [-0.2, -0.15) is 0 Å². The number of rotatable bonds is 3. The van der Waals surface area contributed by atoms with Gasteiger partial charge in [-0.1, -0.05) is 29.8 Å². The maximum absolute atomic E-state index is 13.5. The second kappa shape index (κ2) is 8.11. The van der Waals surface area contributed by atoms with E-state index in [9.17, 15) is 18.4 Å². The Labute approximate surface area is 173 Å². The van der Waals surface area contributed by atoms with Crippen molar-refractivity contribution in [3.8, 4) is 0 Å². The van der Waals surface area contributed by atoms with Crippen LogP contribution in [0.5, 0.6) is 0 Å². The molecule has 2 amide bonds. The Balaban J connectivity index is 1.37. The first-order valence-corrected chi connectivity index (χ1v) is 10.1. The fourth-order valence-electron chi connectivity index (χ4n) is 3.96. The van der Waals surface area contributed by atoms with Gasteiger partial charge in [0.1, 0.15) is 0 Å². The molecule has 7 heteroatoms. The van der Waals surface area contributed by atoms with Gasteiger partial charge in [0, 0.05) is 32.1 Å². The van der Waals surface area contributed by atoms with Crippen molar-refractivity contribution >= 4 is 23.4 Å². The van der Waals surface area contributed by atoms with Gasteiger partial charge in [0.25, 0.3) is 5.91 Å². The van der Waals surface area contributed by atoms with Crippen molar-refractivity contribution in [3.63, 3.8) is 0 Å². The van der Waals surface area contributed by atoms with Crippen LogP contribution in [0.4, 0.5) is 8.78 Å². The van der Waals surface area contributed by atoms with Crippen LogP contribution in [0, 0.1) is 17.6 Å². The molecule has 4 rings (SSSR count). The summed E-state index contributed by atoms with van der Waals surface area (Å²) in [5.74, 6) is -2.15. The molecule has 2 atom stereocenters. The molecular formula is C22H21ClF2N2O2. The SMILES string of the molecule is O=C(c1ccccc1Cl)N1CCCN(C(=O)C2CC2c2ccc(F)c(F)c2)CC1. The van der Waals surface area contributed by atoms with Gasteiger partial charge in [-0.05, 0) is 48.6 Å². The number of benzene rings is 2. The number of carbonyl (C=O) groups is 2. The molecular weight excluding hydrogens is 398 g/mol. The number of halogens is 3. The summed E-state index contributed by atoms with van der Waals surface area (Å²) in [4.78, 5) is 29.2. The molecule has 0 radical (unpaired) electrons. The topological polar surface area (TPSA) is 40.6 Å². The third-order valence-electron chi connectivity index (χ3n) is 5.68. The summed E-state index contributed by atoms with van der Waals surface area (Å²) >= 11 is 6.14. The van der Waals surface area contributed by atoms with Crippen LogP contribution in [0.3, 0.4) is 0 Å². The lowest BCUT2D eigenvalue weighted by Crippen LogP contribution is -2.38. The van der Waals surface area contributed by atoms with Crippen LogP contribution in [-0.2, 0) is 4.79 Å². The molecule has 1 saturated carbocycles. The number of nitrogens with zero attached hydrogens (tertiary/aromatic N) is 2. The molecule has 2 aromatic carbocycles. The molecule has 29 heavy (non-hydrogen) atoms. The highest BCUT2D eigenvalue weighted by Crippen LogP contribution is 2.48. The van der Waals surface area contributed by atoms with Gasteiger partial charge >= 0.3 is 0 Å². The van der Waals surface area contributed by atoms with Crippen molar-refractivity contribution < 1.29 is 18.4 Å². The first-order chi connectivity index (χ1) is 14.0. The molecule has 4 nitrogen and oxygen atoms in total. The molecule has 152 valence electrons. The minimum absolute atomic E-state index is 0.0202. The monoisotopic (exact) mass is 418 g/mol. The molecule has 1 aliphatic carbocycles. The molecule has 2 aliphatic rings. The van der Waals surface area contributed by atoms with Crippen LogP contribution in [0.2, 0.25) is 5.02 Å². The van der Waals surface area contributed by atoms with Gasteiger partial charge in [-0.3, -0.25) is 9.59 Å². The van der Waals surface area contributed by atoms with Crippen LogP contribution in [0.1, 0.15) is 34.7 Å². The summed E-state index contributed by atoms with van der Waals surface area (Å²) in [6.07, 6.45) is 1.33. The van der Waals surface area contributed by atoms with Crippen molar-refractivity contribution in [2.75, 3.05) is 26.2 Å². The Bertz CT molecular complexity index is 952. The van der Waals surface area contributed by atoms with Gasteiger partial charge in [-0.25, -0.2) is 8.78 Å². The molecule has 2 aromatic rings. The summed E-state index contributed by atoms with van der Waals surface area (Å²) in [6.45, 7) is 2.03. The standard InChI is InChI=1S/C22H21ClF2N2O2/c23-18-5-2-1-4-15(18)21(28)26-8-3-9-27(11-10-26)22(29)17-13-16(17)14-6-7-19(24)20(25)12-14/h1-2,4-7,12,16-17H,3,8-11,13H2. The predicted molar refractivity (Wildman–Crippen MR) is 106 cm³/mol.